The Morgan fingerprint density at radius 3 is 2.84 bits per heavy atom. The van der Waals surface area contributed by atoms with E-state index in [0.29, 0.717) is 18.2 Å². The van der Waals surface area contributed by atoms with E-state index in [1.54, 1.807) is 0 Å². The summed E-state index contributed by atoms with van der Waals surface area (Å²) in [5.74, 6) is 0.643. The Hall–Kier alpha value is -4.23. The SMILES string of the molecule is Cc1ccc(OC[C@@H]2CCN2)cc1C(=O)NC1(c2cc(-c3ncn4ccccc34)cc3ncccc23)CC1. The summed E-state index contributed by atoms with van der Waals surface area (Å²) in [5.41, 5.74) is 6.06. The van der Waals surface area contributed by atoms with Crippen molar-refractivity contribution in [3.05, 3.63) is 96.1 Å². The minimum Gasteiger partial charge on any atom is -0.492 e. The molecule has 7 heteroatoms. The van der Waals surface area contributed by atoms with Gasteiger partial charge in [0.25, 0.3) is 5.91 Å². The fourth-order valence-corrected chi connectivity index (χ4v) is 5.38. The molecule has 0 unspecified atom stereocenters. The molecule has 1 saturated carbocycles. The molecule has 1 amide bonds. The van der Waals surface area contributed by atoms with Gasteiger partial charge in [-0.05, 0) is 86.3 Å². The predicted molar refractivity (Wildman–Crippen MR) is 147 cm³/mol. The number of amides is 1. The number of carbonyl (C=O) groups excluding carboxylic acids is 1. The van der Waals surface area contributed by atoms with Crippen molar-refractivity contribution in [2.45, 2.75) is 37.8 Å². The summed E-state index contributed by atoms with van der Waals surface area (Å²) in [7, 11) is 0. The summed E-state index contributed by atoms with van der Waals surface area (Å²) in [6.45, 7) is 3.62. The van der Waals surface area contributed by atoms with Crippen LogP contribution < -0.4 is 15.4 Å². The van der Waals surface area contributed by atoms with Gasteiger partial charge >= 0.3 is 0 Å². The third-order valence-corrected chi connectivity index (χ3v) is 7.89. The van der Waals surface area contributed by atoms with Crippen molar-refractivity contribution in [3.8, 4) is 17.0 Å². The van der Waals surface area contributed by atoms with Gasteiger partial charge in [0.05, 0.1) is 28.6 Å². The Bertz CT molecular complexity index is 1680. The van der Waals surface area contributed by atoms with Crippen LogP contribution in [-0.2, 0) is 5.54 Å². The van der Waals surface area contributed by atoms with E-state index in [0.717, 1.165) is 70.4 Å². The van der Waals surface area contributed by atoms with Gasteiger partial charge in [0.1, 0.15) is 12.4 Å². The predicted octanol–water partition coefficient (Wildman–Crippen LogP) is 5.02. The molecule has 2 aromatic carbocycles. The number of hydrogen-bond donors (Lipinski definition) is 2. The molecule has 0 spiro atoms. The molecule has 38 heavy (non-hydrogen) atoms. The molecular weight excluding hydrogens is 474 g/mol. The van der Waals surface area contributed by atoms with Gasteiger partial charge in [-0.15, -0.1) is 0 Å². The van der Waals surface area contributed by atoms with E-state index >= 15 is 0 Å². The Labute approximate surface area is 220 Å². The number of fused-ring (bicyclic) bond motifs is 2. The van der Waals surface area contributed by atoms with Crippen molar-refractivity contribution in [1.29, 1.82) is 0 Å². The fourth-order valence-electron chi connectivity index (χ4n) is 5.38. The normalized spacial score (nSPS) is 17.8. The average molecular weight is 504 g/mol. The van der Waals surface area contributed by atoms with Crippen LogP contribution in [0.4, 0.5) is 0 Å². The van der Waals surface area contributed by atoms with Crippen LogP contribution in [0.15, 0.2) is 79.4 Å². The molecule has 1 atom stereocenters. The zero-order chi connectivity index (χ0) is 25.7. The molecule has 5 aromatic rings. The van der Waals surface area contributed by atoms with E-state index in [1.165, 1.54) is 0 Å². The maximum atomic E-state index is 13.7. The fraction of sp³-hybridized carbons (Fsp3) is 0.258. The van der Waals surface area contributed by atoms with Crippen molar-refractivity contribution in [1.82, 2.24) is 25.0 Å². The number of rotatable bonds is 7. The lowest BCUT2D eigenvalue weighted by Crippen LogP contribution is -2.46. The quantitative estimate of drug-likeness (QED) is 0.326. The monoisotopic (exact) mass is 503 g/mol. The summed E-state index contributed by atoms with van der Waals surface area (Å²) in [4.78, 5) is 23.1. The highest BCUT2D eigenvalue weighted by atomic mass is 16.5. The first-order chi connectivity index (χ1) is 18.6. The summed E-state index contributed by atoms with van der Waals surface area (Å²) in [6, 6.07) is 20.6. The summed E-state index contributed by atoms with van der Waals surface area (Å²) < 4.78 is 8.00. The van der Waals surface area contributed by atoms with E-state index in [-0.39, 0.29) is 5.91 Å². The second-order valence-electron chi connectivity index (χ2n) is 10.4. The molecule has 2 fully saturated rings. The van der Waals surface area contributed by atoms with Crippen LogP contribution in [0.3, 0.4) is 0 Å². The zero-order valence-corrected chi connectivity index (χ0v) is 21.3. The van der Waals surface area contributed by atoms with Crippen LogP contribution in [0.25, 0.3) is 27.7 Å². The number of pyridine rings is 2. The lowest BCUT2D eigenvalue weighted by atomic mass is 9.94. The zero-order valence-electron chi connectivity index (χ0n) is 21.3. The number of carbonyl (C=O) groups is 1. The van der Waals surface area contributed by atoms with Crippen LogP contribution in [-0.4, -0.2) is 39.5 Å². The van der Waals surface area contributed by atoms with Crippen molar-refractivity contribution in [3.63, 3.8) is 0 Å². The number of benzene rings is 2. The van der Waals surface area contributed by atoms with Gasteiger partial charge < -0.3 is 19.8 Å². The standard InChI is InChI=1S/C31H29N5O2/c1-20-7-8-23(38-18-22-9-13-32-22)17-25(20)30(37)35-31(10-11-31)26-15-21(16-27-24(26)5-4-12-33-27)29-28-6-2-3-14-36(28)19-34-29/h2-8,12,14-17,19,22,32H,9-11,13,18H2,1H3,(H,35,37)/t22-/m0/s1. The van der Waals surface area contributed by atoms with E-state index in [2.05, 4.69) is 39.9 Å². The van der Waals surface area contributed by atoms with E-state index in [1.807, 2.05) is 66.4 Å². The van der Waals surface area contributed by atoms with Gasteiger partial charge in [0.15, 0.2) is 0 Å². The summed E-state index contributed by atoms with van der Waals surface area (Å²) in [6.07, 6.45) is 8.51. The maximum absolute atomic E-state index is 13.7. The number of aromatic nitrogens is 3. The number of nitrogens with one attached hydrogen (secondary N) is 2. The minimum atomic E-state index is -0.441. The smallest absolute Gasteiger partial charge is 0.252 e. The van der Waals surface area contributed by atoms with Gasteiger partial charge in [-0.25, -0.2) is 4.98 Å². The molecule has 7 rings (SSSR count). The van der Waals surface area contributed by atoms with Gasteiger partial charge in [0.2, 0.25) is 0 Å². The van der Waals surface area contributed by atoms with Gasteiger partial charge in [-0.2, -0.15) is 0 Å². The summed E-state index contributed by atoms with van der Waals surface area (Å²) in [5, 5.41) is 7.80. The lowest BCUT2D eigenvalue weighted by molar-refractivity contribution is 0.0930. The maximum Gasteiger partial charge on any atom is 0.252 e. The van der Waals surface area contributed by atoms with Crippen LogP contribution in [0.5, 0.6) is 5.75 Å². The molecule has 2 N–H and O–H groups in total. The van der Waals surface area contributed by atoms with Crippen LogP contribution in [0, 0.1) is 6.92 Å². The largest absolute Gasteiger partial charge is 0.492 e. The van der Waals surface area contributed by atoms with Crippen molar-refractivity contribution in [2.75, 3.05) is 13.2 Å². The van der Waals surface area contributed by atoms with Gasteiger partial charge in [0, 0.05) is 34.9 Å². The number of hydrogen-bond acceptors (Lipinski definition) is 5. The first-order valence-corrected chi connectivity index (χ1v) is 13.2. The Morgan fingerprint density at radius 1 is 1.13 bits per heavy atom. The molecule has 7 nitrogen and oxygen atoms in total. The van der Waals surface area contributed by atoms with E-state index in [9.17, 15) is 4.79 Å². The van der Waals surface area contributed by atoms with Crippen molar-refractivity contribution >= 4 is 22.3 Å². The minimum absolute atomic E-state index is 0.0814. The Kier molecular flexibility index (Phi) is 5.40. The number of nitrogens with zero attached hydrogens (tertiary/aromatic N) is 3. The van der Waals surface area contributed by atoms with Gasteiger partial charge in [-0.1, -0.05) is 18.2 Å². The van der Waals surface area contributed by atoms with E-state index in [4.69, 9.17) is 9.72 Å². The first kappa shape index (κ1) is 22.9. The number of aryl methyl sites for hydroxylation is 1. The third-order valence-electron chi connectivity index (χ3n) is 7.89. The second-order valence-corrected chi connectivity index (χ2v) is 10.4. The number of ether oxygens (including phenoxy) is 1. The topological polar surface area (TPSA) is 80.5 Å². The second kappa shape index (κ2) is 8.96. The summed E-state index contributed by atoms with van der Waals surface area (Å²) >= 11 is 0. The molecular formula is C31H29N5O2. The van der Waals surface area contributed by atoms with Gasteiger partial charge in [-0.3, -0.25) is 9.78 Å². The molecule has 190 valence electrons. The average Bonchev–Trinajstić information content (AvgIpc) is 3.56. The van der Waals surface area contributed by atoms with Crippen molar-refractivity contribution < 1.29 is 9.53 Å². The van der Waals surface area contributed by atoms with Crippen LogP contribution >= 0.6 is 0 Å². The Morgan fingerprint density at radius 2 is 2.03 bits per heavy atom. The molecule has 0 radical (unpaired) electrons. The van der Waals surface area contributed by atoms with E-state index < -0.39 is 5.54 Å². The first-order valence-electron chi connectivity index (χ1n) is 13.2. The molecule has 4 heterocycles. The molecule has 1 aliphatic heterocycles. The Balaban J connectivity index is 1.24. The highest BCUT2D eigenvalue weighted by molar-refractivity contribution is 5.98. The number of imidazole rings is 1. The van der Waals surface area contributed by atoms with Crippen LogP contribution in [0.1, 0.15) is 40.7 Å². The molecule has 1 aliphatic carbocycles. The highest BCUT2D eigenvalue weighted by Crippen LogP contribution is 2.49. The highest BCUT2D eigenvalue weighted by Gasteiger charge is 2.47. The molecule has 2 aliphatic rings. The lowest BCUT2D eigenvalue weighted by Gasteiger charge is -2.27. The molecule has 1 saturated heterocycles. The molecule has 0 bridgehead atoms. The van der Waals surface area contributed by atoms with Crippen molar-refractivity contribution in [2.24, 2.45) is 0 Å². The third kappa shape index (κ3) is 4.00. The van der Waals surface area contributed by atoms with Crippen LogP contribution in [0.2, 0.25) is 0 Å². The molecule has 3 aromatic heterocycles.